The van der Waals surface area contributed by atoms with E-state index in [1.807, 2.05) is 30.3 Å². The van der Waals surface area contributed by atoms with E-state index in [1.54, 1.807) is 24.3 Å². The Labute approximate surface area is 123 Å². The van der Waals surface area contributed by atoms with Crippen LogP contribution in [0.25, 0.3) is 0 Å². The van der Waals surface area contributed by atoms with Crippen molar-refractivity contribution in [2.45, 2.75) is 24.7 Å². The largest absolute Gasteiger partial charge is 0.390 e. The van der Waals surface area contributed by atoms with Crippen LogP contribution in [0.1, 0.15) is 28.8 Å². The van der Waals surface area contributed by atoms with Crippen molar-refractivity contribution < 1.29 is 15.0 Å². The number of amides is 1. The van der Waals surface area contributed by atoms with E-state index in [-0.39, 0.29) is 0 Å². The third-order valence-electron chi connectivity index (χ3n) is 3.87. The molecule has 108 valence electrons. The van der Waals surface area contributed by atoms with E-state index >= 15 is 0 Å². The number of hydrogen-bond acceptors (Lipinski definition) is 3. The lowest BCUT2D eigenvalue weighted by molar-refractivity contribution is -0.131. The van der Waals surface area contributed by atoms with Crippen LogP contribution in [-0.4, -0.2) is 22.2 Å². The number of aliphatic hydroxyl groups is 2. The fraction of sp³-hybridized carbons (Fsp3) is 0.235. The van der Waals surface area contributed by atoms with Crippen molar-refractivity contribution in [1.82, 2.24) is 5.32 Å². The fourth-order valence-corrected chi connectivity index (χ4v) is 2.77. The Morgan fingerprint density at radius 3 is 2.52 bits per heavy atom. The summed E-state index contributed by atoms with van der Waals surface area (Å²) in [5.41, 5.74) is 2.49. The van der Waals surface area contributed by atoms with Gasteiger partial charge in [-0.1, -0.05) is 54.6 Å². The van der Waals surface area contributed by atoms with E-state index in [2.05, 4.69) is 5.32 Å². The molecule has 2 aromatic rings. The standard InChI is InChI=1S/C17H17NO3/c19-14-10-12-8-4-5-9-13(12)15(14)18-17(21)16(20)11-6-2-1-3-7-11/h1-9,14-16,19-20H,10H2,(H,18,21)/t14-,15+,16-/m0/s1. The smallest absolute Gasteiger partial charge is 0.254 e. The number of aliphatic hydroxyl groups excluding tert-OH is 2. The van der Waals surface area contributed by atoms with E-state index in [0.717, 1.165) is 11.1 Å². The average molecular weight is 283 g/mol. The zero-order chi connectivity index (χ0) is 14.8. The maximum Gasteiger partial charge on any atom is 0.254 e. The van der Waals surface area contributed by atoms with Gasteiger partial charge in [0.05, 0.1) is 12.1 Å². The molecule has 2 aromatic carbocycles. The van der Waals surface area contributed by atoms with E-state index in [9.17, 15) is 15.0 Å². The number of benzene rings is 2. The topological polar surface area (TPSA) is 69.6 Å². The van der Waals surface area contributed by atoms with E-state index in [0.29, 0.717) is 12.0 Å². The van der Waals surface area contributed by atoms with Crippen LogP contribution in [0, 0.1) is 0 Å². The quantitative estimate of drug-likeness (QED) is 0.799. The predicted molar refractivity (Wildman–Crippen MR) is 78.4 cm³/mol. The highest BCUT2D eigenvalue weighted by molar-refractivity contribution is 5.82. The highest BCUT2D eigenvalue weighted by Crippen LogP contribution is 2.31. The molecule has 3 N–H and O–H groups in total. The van der Waals surface area contributed by atoms with Crippen LogP contribution in [0.4, 0.5) is 0 Å². The Morgan fingerprint density at radius 1 is 1.10 bits per heavy atom. The van der Waals surface area contributed by atoms with Crippen LogP contribution in [0.3, 0.4) is 0 Å². The van der Waals surface area contributed by atoms with E-state index < -0.39 is 24.2 Å². The third-order valence-corrected chi connectivity index (χ3v) is 3.87. The first kappa shape index (κ1) is 13.8. The number of carbonyl (C=O) groups excluding carboxylic acids is 1. The minimum absolute atomic E-state index is 0.466. The van der Waals surface area contributed by atoms with Crippen LogP contribution in [0.2, 0.25) is 0 Å². The average Bonchev–Trinajstić information content (AvgIpc) is 2.83. The van der Waals surface area contributed by atoms with Gasteiger partial charge in [-0.2, -0.15) is 0 Å². The van der Waals surface area contributed by atoms with Crippen LogP contribution >= 0.6 is 0 Å². The van der Waals surface area contributed by atoms with Gasteiger partial charge in [-0.25, -0.2) is 0 Å². The van der Waals surface area contributed by atoms with Crippen molar-refractivity contribution in [3.05, 3.63) is 71.3 Å². The van der Waals surface area contributed by atoms with Crippen molar-refractivity contribution >= 4 is 5.91 Å². The fourth-order valence-electron chi connectivity index (χ4n) is 2.77. The first-order chi connectivity index (χ1) is 10.2. The molecule has 0 aromatic heterocycles. The van der Waals surface area contributed by atoms with Gasteiger partial charge >= 0.3 is 0 Å². The minimum Gasteiger partial charge on any atom is -0.390 e. The Balaban J connectivity index is 1.76. The Bertz CT molecular complexity index is 641. The maximum atomic E-state index is 12.2. The normalized spacial score (nSPS) is 21.6. The van der Waals surface area contributed by atoms with Gasteiger partial charge in [-0.3, -0.25) is 4.79 Å². The van der Waals surface area contributed by atoms with Gasteiger partial charge in [0.2, 0.25) is 0 Å². The first-order valence-electron chi connectivity index (χ1n) is 6.96. The van der Waals surface area contributed by atoms with Crippen LogP contribution in [0.15, 0.2) is 54.6 Å². The summed E-state index contributed by atoms with van der Waals surface area (Å²) >= 11 is 0. The van der Waals surface area contributed by atoms with E-state index in [1.165, 1.54) is 0 Å². The molecule has 0 spiro atoms. The first-order valence-corrected chi connectivity index (χ1v) is 6.96. The minimum atomic E-state index is -1.23. The summed E-state index contributed by atoms with van der Waals surface area (Å²) < 4.78 is 0. The summed E-state index contributed by atoms with van der Waals surface area (Å²) in [6.07, 6.45) is -1.37. The summed E-state index contributed by atoms with van der Waals surface area (Å²) in [5, 5.41) is 22.9. The van der Waals surface area contributed by atoms with Crippen LogP contribution in [-0.2, 0) is 11.2 Å². The molecule has 3 atom stereocenters. The van der Waals surface area contributed by atoms with Crippen molar-refractivity contribution in [3.8, 4) is 0 Å². The number of fused-ring (bicyclic) bond motifs is 1. The predicted octanol–water partition coefficient (Wildman–Crippen LogP) is 1.49. The maximum absolute atomic E-state index is 12.2. The second kappa shape index (κ2) is 5.68. The molecule has 0 saturated carbocycles. The molecule has 3 rings (SSSR count). The molecule has 4 heteroatoms. The molecule has 0 fully saturated rings. The Kier molecular flexibility index (Phi) is 3.73. The Hall–Kier alpha value is -2.17. The Morgan fingerprint density at radius 2 is 1.76 bits per heavy atom. The lowest BCUT2D eigenvalue weighted by atomic mass is 10.1. The molecule has 0 unspecified atom stereocenters. The van der Waals surface area contributed by atoms with Gasteiger partial charge in [0, 0.05) is 6.42 Å². The molecule has 4 nitrogen and oxygen atoms in total. The molecule has 0 aliphatic heterocycles. The summed E-state index contributed by atoms with van der Waals surface area (Å²) in [7, 11) is 0. The molecular weight excluding hydrogens is 266 g/mol. The van der Waals surface area contributed by atoms with Gasteiger partial charge in [0.15, 0.2) is 6.10 Å². The van der Waals surface area contributed by atoms with Gasteiger partial charge in [0.1, 0.15) is 0 Å². The molecule has 1 amide bonds. The summed E-state index contributed by atoms with van der Waals surface area (Å²) in [6, 6.07) is 15.9. The van der Waals surface area contributed by atoms with Crippen molar-refractivity contribution in [1.29, 1.82) is 0 Å². The molecule has 1 aliphatic rings. The molecule has 21 heavy (non-hydrogen) atoms. The van der Waals surface area contributed by atoms with Crippen molar-refractivity contribution in [3.63, 3.8) is 0 Å². The summed E-state index contributed by atoms with van der Waals surface area (Å²) in [5.74, 6) is -0.498. The van der Waals surface area contributed by atoms with Gasteiger partial charge in [-0.15, -0.1) is 0 Å². The van der Waals surface area contributed by atoms with Crippen molar-refractivity contribution in [2.75, 3.05) is 0 Å². The third kappa shape index (κ3) is 2.68. The highest BCUT2D eigenvalue weighted by atomic mass is 16.3. The lowest BCUT2D eigenvalue weighted by Crippen LogP contribution is -2.37. The SMILES string of the molecule is O=C(N[C@@H]1c2ccccc2C[C@@H]1O)[C@@H](O)c1ccccc1. The number of hydrogen-bond donors (Lipinski definition) is 3. The molecular formula is C17H17NO3. The van der Waals surface area contributed by atoms with Gasteiger partial charge in [-0.05, 0) is 16.7 Å². The molecule has 0 saturated heterocycles. The lowest BCUT2D eigenvalue weighted by Gasteiger charge is -2.20. The summed E-state index contributed by atoms with van der Waals surface area (Å²) in [4.78, 5) is 12.2. The molecule has 0 heterocycles. The van der Waals surface area contributed by atoms with Gasteiger partial charge < -0.3 is 15.5 Å². The number of carbonyl (C=O) groups is 1. The van der Waals surface area contributed by atoms with Gasteiger partial charge in [0.25, 0.3) is 5.91 Å². The van der Waals surface area contributed by atoms with E-state index in [4.69, 9.17) is 0 Å². The number of rotatable bonds is 3. The molecule has 0 radical (unpaired) electrons. The van der Waals surface area contributed by atoms with Crippen LogP contribution < -0.4 is 5.32 Å². The number of nitrogens with one attached hydrogen (secondary N) is 1. The van der Waals surface area contributed by atoms with Crippen LogP contribution in [0.5, 0.6) is 0 Å². The highest BCUT2D eigenvalue weighted by Gasteiger charge is 2.33. The summed E-state index contributed by atoms with van der Waals surface area (Å²) in [6.45, 7) is 0. The monoisotopic (exact) mass is 283 g/mol. The zero-order valence-electron chi connectivity index (χ0n) is 11.4. The molecule has 1 aliphatic carbocycles. The second-order valence-corrected chi connectivity index (χ2v) is 5.27. The molecule has 0 bridgehead atoms. The zero-order valence-corrected chi connectivity index (χ0v) is 11.4. The van der Waals surface area contributed by atoms with Crippen molar-refractivity contribution in [2.24, 2.45) is 0 Å². The second-order valence-electron chi connectivity index (χ2n) is 5.27.